The minimum absolute atomic E-state index is 0.000824. The van der Waals surface area contributed by atoms with E-state index in [1.54, 1.807) is 9.80 Å². The molecule has 2 atom stereocenters. The van der Waals surface area contributed by atoms with Crippen molar-refractivity contribution in [3.8, 4) is 11.4 Å². The second kappa shape index (κ2) is 16.5. The minimum Gasteiger partial charge on any atom is -0.338 e. The van der Waals surface area contributed by atoms with Crippen molar-refractivity contribution in [2.75, 3.05) is 23.7 Å². The number of nitrogens with zero attached hydrogens (tertiary/aromatic N) is 3. The SMILES string of the molecule is CC=C(/C=C\C)CCC(=O)N1CCC[C@H]1C(=O)Nc1ccc2nc(-c3ccc(NC(=O)[C@@H]4CCCN4C(=O)CCc4ccccc4)cc3)[nH]c2c1. The van der Waals surface area contributed by atoms with Gasteiger partial charge in [-0.05, 0) is 100 Å². The predicted molar refractivity (Wildman–Crippen MR) is 201 cm³/mol. The molecule has 3 aromatic carbocycles. The number of fused-ring (bicyclic) bond motifs is 1. The number of amides is 4. The van der Waals surface area contributed by atoms with E-state index in [0.717, 1.165) is 40.6 Å². The molecular formula is C41H46N6O4. The largest absolute Gasteiger partial charge is 0.338 e. The van der Waals surface area contributed by atoms with Gasteiger partial charge in [0.2, 0.25) is 23.6 Å². The summed E-state index contributed by atoms with van der Waals surface area (Å²) in [6.07, 6.45) is 10.9. The molecule has 0 unspecified atom stereocenters. The van der Waals surface area contributed by atoms with Gasteiger partial charge in [0.1, 0.15) is 17.9 Å². The third-order valence-electron chi connectivity index (χ3n) is 9.78. The highest BCUT2D eigenvalue weighted by atomic mass is 16.2. The molecule has 0 radical (unpaired) electrons. The molecule has 51 heavy (non-hydrogen) atoms. The average Bonchev–Trinajstić information content (AvgIpc) is 3.93. The molecule has 4 aromatic rings. The zero-order chi connectivity index (χ0) is 35.7. The van der Waals surface area contributed by atoms with Crippen LogP contribution in [0.15, 0.2) is 96.6 Å². The van der Waals surface area contributed by atoms with Crippen LogP contribution in [0.25, 0.3) is 22.4 Å². The molecule has 3 N–H and O–H groups in total. The number of hydrogen-bond acceptors (Lipinski definition) is 5. The second-order valence-corrected chi connectivity index (χ2v) is 13.2. The molecule has 6 rings (SSSR count). The van der Waals surface area contributed by atoms with Gasteiger partial charge in [-0.3, -0.25) is 19.2 Å². The van der Waals surface area contributed by atoms with Gasteiger partial charge in [0.05, 0.1) is 11.0 Å². The first-order chi connectivity index (χ1) is 24.8. The summed E-state index contributed by atoms with van der Waals surface area (Å²) in [4.78, 5) is 64.1. The summed E-state index contributed by atoms with van der Waals surface area (Å²) >= 11 is 0. The van der Waals surface area contributed by atoms with Gasteiger partial charge in [-0.15, -0.1) is 0 Å². The van der Waals surface area contributed by atoms with Crippen molar-refractivity contribution in [1.82, 2.24) is 19.8 Å². The molecule has 3 heterocycles. The number of anilines is 2. The number of imidazole rings is 1. The van der Waals surface area contributed by atoms with Gasteiger partial charge in [-0.2, -0.15) is 0 Å². The van der Waals surface area contributed by atoms with Gasteiger partial charge in [0, 0.05) is 42.9 Å². The molecule has 0 spiro atoms. The Morgan fingerprint density at radius 2 is 1.41 bits per heavy atom. The number of carbonyl (C=O) groups is 4. The van der Waals surface area contributed by atoms with Crippen molar-refractivity contribution >= 4 is 46.0 Å². The Morgan fingerprint density at radius 3 is 2.06 bits per heavy atom. The van der Waals surface area contributed by atoms with Crippen LogP contribution in [0.1, 0.15) is 64.4 Å². The summed E-state index contributed by atoms with van der Waals surface area (Å²) in [5.41, 5.74) is 5.84. The normalized spacial score (nSPS) is 17.7. The van der Waals surface area contributed by atoms with Gasteiger partial charge < -0.3 is 25.4 Å². The fraction of sp³-hybridized carbons (Fsp3) is 0.341. The maximum Gasteiger partial charge on any atom is 0.247 e. The van der Waals surface area contributed by atoms with Crippen LogP contribution in [-0.2, 0) is 25.6 Å². The first kappa shape index (κ1) is 35.3. The first-order valence-corrected chi connectivity index (χ1v) is 18.0. The van der Waals surface area contributed by atoms with E-state index in [9.17, 15) is 19.2 Å². The van der Waals surface area contributed by atoms with Crippen molar-refractivity contribution in [1.29, 1.82) is 0 Å². The van der Waals surface area contributed by atoms with E-state index in [0.29, 0.717) is 68.8 Å². The van der Waals surface area contributed by atoms with E-state index >= 15 is 0 Å². The molecule has 0 bridgehead atoms. The Hall–Kier alpha value is -5.51. The van der Waals surface area contributed by atoms with Crippen molar-refractivity contribution in [3.05, 3.63) is 102 Å². The van der Waals surface area contributed by atoms with Crippen LogP contribution in [0, 0.1) is 0 Å². The molecule has 10 nitrogen and oxygen atoms in total. The van der Waals surface area contributed by atoms with Crippen LogP contribution in [0.5, 0.6) is 0 Å². The Bertz CT molecular complexity index is 1930. The van der Waals surface area contributed by atoms with E-state index in [1.165, 1.54) is 0 Å². The number of aromatic nitrogens is 2. The van der Waals surface area contributed by atoms with Gasteiger partial charge in [-0.25, -0.2) is 4.98 Å². The Kier molecular flexibility index (Phi) is 11.4. The molecule has 10 heteroatoms. The lowest BCUT2D eigenvalue weighted by Gasteiger charge is -2.24. The Morgan fingerprint density at radius 1 is 0.784 bits per heavy atom. The second-order valence-electron chi connectivity index (χ2n) is 13.2. The predicted octanol–water partition coefficient (Wildman–Crippen LogP) is 7.02. The number of likely N-dealkylation sites (tertiary alicyclic amines) is 2. The highest BCUT2D eigenvalue weighted by molar-refractivity contribution is 5.99. The zero-order valence-electron chi connectivity index (χ0n) is 29.4. The summed E-state index contributed by atoms with van der Waals surface area (Å²) in [6, 6.07) is 21.9. The van der Waals surface area contributed by atoms with E-state index in [-0.39, 0.29) is 23.6 Å². The summed E-state index contributed by atoms with van der Waals surface area (Å²) < 4.78 is 0. The lowest BCUT2D eigenvalue weighted by molar-refractivity contribution is -0.136. The number of nitrogens with one attached hydrogen (secondary N) is 3. The van der Waals surface area contributed by atoms with Crippen LogP contribution in [0.3, 0.4) is 0 Å². The highest BCUT2D eigenvalue weighted by Gasteiger charge is 2.35. The molecule has 2 saturated heterocycles. The quantitative estimate of drug-likeness (QED) is 0.138. The van der Waals surface area contributed by atoms with Crippen molar-refractivity contribution in [2.24, 2.45) is 0 Å². The third-order valence-corrected chi connectivity index (χ3v) is 9.78. The number of hydrogen-bond donors (Lipinski definition) is 3. The fourth-order valence-electron chi connectivity index (χ4n) is 7.03. The molecule has 0 aliphatic carbocycles. The molecule has 2 aliphatic rings. The number of allylic oxidation sites excluding steroid dienone is 4. The molecule has 0 saturated carbocycles. The fourth-order valence-corrected chi connectivity index (χ4v) is 7.03. The molecule has 2 aliphatic heterocycles. The zero-order valence-corrected chi connectivity index (χ0v) is 29.4. The maximum atomic E-state index is 13.3. The van der Waals surface area contributed by atoms with E-state index in [2.05, 4.69) is 15.6 Å². The summed E-state index contributed by atoms with van der Waals surface area (Å²) in [5.74, 6) is 0.298. The van der Waals surface area contributed by atoms with Crippen molar-refractivity contribution in [3.63, 3.8) is 0 Å². The lowest BCUT2D eigenvalue weighted by Crippen LogP contribution is -2.43. The molecule has 1 aromatic heterocycles. The van der Waals surface area contributed by atoms with Crippen molar-refractivity contribution in [2.45, 2.75) is 77.3 Å². The summed E-state index contributed by atoms with van der Waals surface area (Å²) in [7, 11) is 0. The number of aryl methyl sites for hydroxylation is 1. The van der Waals surface area contributed by atoms with Crippen LogP contribution in [0.2, 0.25) is 0 Å². The molecule has 4 amide bonds. The smallest absolute Gasteiger partial charge is 0.247 e. The average molecular weight is 687 g/mol. The number of H-pyrrole nitrogens is 1. The van der Waals surface area contributed by atoms with Crippen LogP contribution >= 0.6 is 0 Å². The standard InChI is InChI=1S/C41H46N6O4/c1-3-10-28(4-2)15-23-37(48)47-26-9-14-36(47)41(51)43-32-21-22-33-34(27-32)45-39(44-33)30-17-19-31(20-18-30)42-40(50)35-13-8-25-46(35)38(49)24-16-29-11-6-5-7-12-29/h3-7,10-12,17-22,27,35-36H,8-9,13-16,23-26H2,1-2H3,(H,42,50)(H,43,51)(H,44,45)/b10-3-,28-4?/t35-,36-/m0/s1. The number of carbonyl (C=O) groups excluding carboxylic acids is 4. The van der Waals surface area contributed by atoms with E-state index < -0.39 is 12.1 Å². The minimum atomic E-state index is -0.489. The van der Waals surface area contributed by atoms with Crippen LogP contribution in [0.4, 0.5) is 11.4 Å². The lowest BCUT2D eigenvalue weighted by atomic mass is 10.1. The molecular weight excluding hydrogens is 640 g/mol. The van der Waals surface area contributed by atoms with Gasteiger partial charge in [0.15, 0.2) is 0 Å². The third kappa shape index (κ3) is 8.63. The summed E-state index contributed by atoms with van der Waals surface area (Å²) in [5, 5.41) is 6.00. The number of rotatable bonds is 12. The summed E-state index contributed by atoms with van der Waals surface area (Å²) in [6.45, 7) is 5.10. The Labute approximate surface area is 299 Å². The number of benzene rings is 3. The topological polar surface area (TPSA) is 128 Å². The van der Waals surface area contributed by atoms with E-state index in [4.69, 9.17) is 4.98 Å². The number of aromatic amines is 1. The van der Waals surface area contributed by atoms with Gasteiger partial charge >= 0.3 is 0 Å². The Balaban J connectivity index is 1.04. The first-order valence-electron chi connectivity index (χ1n) is 18.0. The molecule has 2 fully saturated rings. The van der Waals surface area contributed by atoms with Crippen LogP contribution < -0.4 is 10.6 Å². The van der Waals surface area contributed by atoms with Gasteiger partial charge in [0.25, 0.3) is 0 Å². The molecule has 264 valence electrons. The van der Waals surface area contributed by atoms with E-state index in [1.807, 2.05) is 105 Å². The van der Waals surface area contributed by atoms with Crippen LogP contribution in [-0.4, -0.2) is 68.6 Å². The van der Waals surface area contributed by atoms with Gasteiger partial charge in [-0.1, -0.05) is 54.1 Å². The van der Waals surface area contributed by atoms with Crippen molar-refractivity contribution < 1.29 is 19.2 Å². The monoisotopic (exact) mass is 686 g/mol. The highest BCUT2D eigenvalue weighted by Crippen LogP contribution is 2.27. The maximum absolute atomic E-state index is 13.3.